The molecule has 0 spiro atoms. The normalized spacial score (nSPS) is 16.4. The first-order valence-corrected chi connectivity index (χ1v) is 11.9. The number of hydrogen-bond acceptors (Lipinski definition) is 3. The molecule has 1 amide bonds. The van der Waals surface area contributed by atoms with Crippen molar-refractivity contribution in [3.63, 3.8) is 0 Å². The molecule has 2 N–H and O–H groups in total. The van der Waals surface area contributed by atoms with E-state index in [9.17, 15) is 4.79 Å². The zero-order valence-electron chi connectivity index (χ0n) is 19.3. The molecular formula is C27H33N5O. The number of carbonyl (C=O) groups excluding carboxylic acids is 1. The zero-order chi connectivity index (χ0) is 22.9. The summed E-state index contributed by atoms with van der Waals surface area (Å²) in [6.07, 6.45) is 4.19. The predicted molar refractivity (Wildman–Crippen MR) is 134 cm³/mol. The minimum atomic E-state index is 0.243. The van der Waals surface area contributed by atoms with Gasteiger partial charge in [0.25, 0.3) is 0 Å². The summed E-state index contributed by atoms with van der Waals surface area (Å²) < 4.78 is 0. The second-order valence-electron chi connectivity index (χ2n) is 8.53. The summed E-state index contributed by atoms with van der Waals surface area (Å²) in [5.74, 6) is 1.32. The lowest BCUT2D eigenvalue weighted by molar-refractivity contribution is -0.127. The van der Waals surface area contributed by atoms with Crippen LogP contribution in [0.25, 0.3) is 10.9 Å². The maximum absolute atomic E-state index is 12.5. The van der Waals surface area contributed by atoms with E-state index in [-0.39, 0.29) is 11.8 Å². The number of pyridine rings is 1. The molecule has 1 fully saturated rings. The van der Waals surface area contributed by atoms with Gasteiger partial charge in [-0.05, 0) is 37.0 Å². The van der Waals surface area contributed by atoms with Crippen molar-refractivity contribution in [3.05, 3.63) is 78.0 Å². The van der Waals surface area contributed by atoms with E-state index < -0.39 is 0 Å². The molecule has 1 unspecified atom stereocenters. The Morgan fingerprint density at radius 3 is 2.76 bits per heavy atom. The fourth-order valence-corrected chi connectivity index (χ4v) is 4.35. The Labute approximate surface area is 196 Å². The summed E-state index contributed by atoms with van der Waals surface area (Å²) in [6.45, 7) is 5.86. The number of carbonyl (C=O) groups is 1. The zero-order valence-corrected chi connectivity index (χ0v) is 19.3. The van der Waals surface area contributed by atoms with Gasteiger partial charge in [0.1, 0.15) is 0 Å². The number of para-hydroxylation sites is 1. The van der Waals surface area contributed by atoms with Crippen LogP contribution in [0.15, 0.2) is 71.9 Å². The molecule has 0 radical (unpaired) electrons. The molecule has 1 aliphatic heterocycles. The van der Waals surface area contributed by atoms with Gasteiger partial charge in [0, 0.05) is 56.6 Å². The minimum absolute atomic E-state index is 0.243. The number of guanidine groups is 1. The first-order valence-electron chi connectivity index (χ1n) is 11.9. The molecule has 4 rings (SSSR count). The second kappa shape index (κ2) is 11.5. The van der Waals surface area contributed by atoms with Gasteiger partial charge in [-0.15, -0.1) is 0 Å². The van der Waals surface area contributed by atoms with E-state index in [2.05, 4.69) is 58.9 Å². The van der Waals surface area contributed by atoms with Crippen molar-refractivity contribution in [1.29, 1.82) is 0 Å². The summed E-state index contributed by atoms with van der Waals surface area (Å²) in [5, 5.41) is 7.93. The molecule has 2 aromatic carbocycles. The lowest BCUT2D eigenvalue weighted by Gasteiger charge is -2.16. The predicted octanol–water partition coefficient (Wildman–Crippen LogP) is 3.42. The molecule has 1 aromatic heterocycles. The number of rotatable bonds is 9. The van der Waals surface area contributed by atoms with Gasteiger partial charge in [-0.2, -0.15) is 0 Å². The van der Waals surface area contributed by atoms with Crippen LogP contribution in [-0.2, 0) is 17.6 Å². The van der Waals surface area contributed by atoms with Gasteiger partial charge < -0.3 is 15.5 Å². The number of amides is 1. The fourth-order valence-electron chi connectivity index (χ4n) is 4.35. The third kappa shape index (κ3) is 6.31. The summed E-state index contributed by atoms with van der Waals surface area (Å²) in [6, 6.07) is 20.7. The Balaban J connectivity index is 1.27. The molecule has 3 aromatic rings. The Kier molecular flexibility index (Phi) is 7.90. The molecule has 0 saturated carbocycles. The molecule has 1 aliphatic rings. The molecule has 172 valence electrons. The average Bonchev–Trinajstić information content (AvgIpc) is 3.21. The summed E-state index contributed by atoms with van der Waals surface area (Å²) in [5.41, 5.74) is 3.56. The maximum atomic E-state index is 12.5. The number of aliphatic imine (C=N–C) groups is 1. The van der Waals surface area contributed by atoms with Gasteiger partial charge in [0.15, 0.2) is 5.96 Å². The highest BCUT2D eigenvalue weighted by atomic mass is 16.2. The van der Waals surface area contributed by atoms with E-state index in [1.165, 1.54) is 16.5 Å². The average molecular weight is 444 g/mol. The molecule has 0 bridgehead atoms. The van der Waals surface area contributed by atoms with Gasteiger partial charge in [-0.3, -0.25) is 14.8 Å². The first kappa shape index (κ1) is 22.8. The Morgan fingerprint density at radius 2 is 1.91 bits per heavy atom. The topological polar surface area (TPSA) is 69.6 Å². The molecule has 1 saturated heterocycles. The highest BCUT2D eigenvalue weighted by Crippen LogP contribution is 2.19. The number of hydrogen-bond donors (Lipinski definition) is 2. The van der Waals surface area contributed by atoms with E-state index in [0.717, 1.165) is 50.5 Å². The Bertz CT molecular complexity index is 1080. The van der Waals surface area contributed by atoms with Crippen LogP contribution >= 0.6 is 0 Å². The molecule has 6 nitrogen and oxygen atoms in total. The van der Waals surface area contributed by atoms with Gasteiger partial charge in [-0.25, -0.2) is 0 Å². The van der Waals surface area contributed by atoms with Crippen molar-refractivity contribution in [2.24, 2.45) is 10.9 Å². The SMILES string of the molecule is CCNC(=NCC1CC(=O)N(CCc2ccccc2)C1)NCCc1cccc2cccnc12. The minimum Gasteiger partial charge on any atom is -0.357 e. The summed E-state index contributed by atoms with van der Waals surface area (Å²) in [4.78, 5) is 23.8. The highest BCUT2D eigenvalue weighted by molar-refractivity contribution is 5.82. The number of aromatic nitrogens is 1. The molecule has 2 heterocycles. The number of fused-ring (bicyclic) bond motifs is 1. The van der Waals surface area contributed by atoms with E-state index in [1.807, 2.05) is 35.4 Å². The van der Waals surface area contributed by atoms with Gasteiger partial charge in [-0.1, -0.05) is 54.6 Å². The van der Waals surface area contributed by atoms with Crippen molar-refractivity contribution in [2.75, 3.05) is 32.7 Å². The van der Waals surface area contributed by atoms with Crippen molar-refractivity contribution >= 4 is 22.8 Å². The van der Waals surface area contributed by atoms with Crippen LogP contribution in [0.1, 0.15) is 24.5 Å². The summed E-state index contributed by atoms with van der Waals surface area (Å²) in [7, 11) is 0. The maximum Gasteiger partial charge on any atom is 0.223 e. The van der Waals surface area contributed by atoms with E-state index in [0.29, 0.717) is 13.0 Å². The fraction of sp³-hybridized carbons (Fsp3) is 0.370. The molecular weight excluding hydrogens is 410 g/mol. The lowest BCUT2D eigenvalue weighted by Crippen LogP contribution is -2.38. The molecule has 0 aliphatic carbocycles. The van der Waals surface area contributed by atoms with E-state index in [4.69, 9.17) is 4.99 Å². The highest BCUT2D eigenvalue weighted by Gasteiger charge is 2.29. The third-order valence-corrected chi connectivity index (χ3v) is 6.06. The molecule has 6 heteroatoms. The number of benzene rings is 2. The largest absolute Gasteiger partial charge is 0.357 e. The van der Waals surface area contributed by atoms with Crippen LogP contribution in [0, 0.1) is 5.92 Å². The van der Waals surface area contributed by atoms with Crippen molar-refractivity contribution in [2.45, 2.75) is 26.2 Å². The van der Waals surface area contributed by atoms with E-state index in [1.54, 1.807) is 0 Å². The van der Waals surface area contributed by atoms with Crippen LogP contribution in [-0.4, -0.2) is 54.5 Å². The Hall–Kier alpha value is -3.41. The van der Waals surface area contributed by atoms with Crippen molar-refractivity contribution in [3.8, 4) is 0 Å². The Morgan fingerprint density at radius 1 is 1.06 bits per heavy atom. The first-order chi connectivity index (χ1) is 16.2. The summed E-state index contributed by atoms with van der Waals surface area (Å²) >= 11 is 0. The third-order valence-electron chi connectivity index (χ3n) is 6.06. The van der Waals surface area contributed by atoms with Crippen molar-refractivity contribution in [1.82, 2.24) is 20.5 Å². The standard InChI is InChI=1S/C27H33N5O/c1-2-28-27(30-16-13-24-11-6-10-23-12-7-15-29-26(23)24)31-19-22-18-25(33)32(20-22)17-14-21-8-4-3-5-9-21/h3-12,15,22H,2,13-14,16-20H2,1H3,(H2,28,30,31). The van der Waals surface area contributed by atoms with E-state index >= 15 is 0 Å². The monoisotopic (exact) mass is 443 g/mol. The van der Waals surface area contributed by atoms with Gasteiger partial charge >= 0.3 is 0 Å². The van der Waals surface area contributed by atoms with Crippen LogP contribution in [0.4, 0.5) is 0 Å². The molecule has 33 heavy (non-hydrogen) atoms. The van der Waals surface area contributed by atoms with Crippen LogP contribution in [0.2, 0.25) is 0 Å². The number of nitrogens with zero attached hydrogens (tertiary/aromatic N) is 3. The van der Waals surface area contributed by atoms with Gasteiger partial charge in [0.05, 0.1) is 5.52 Å². The molecule has 1 atom stereocenters. The second-order valence-corrected chi connectivity index (χ2v) is 8.53. The van der Waals surface area contributed by atoms with Gasteiger partial charge in [0.2, 0.25) is 5.91 Å². The number of likely N-dealkylation sites (tertiary alicyclic amines) is 1. The van der Waals surface area contributed by atoms with Crippen LogP contribution in [0.5, 0.6) is 0 Å². The van der Waals surface area contributed by atoms with Crippen LogP contribution in [0.3, 0.4) is 0 Å². The number of nitrogens with one attached hydrogen (secondary N) is 2. The lowest BCUT2D eigenvalue weighted by atomic mass is 10.1. The van der Waals surface area contributed by atoms with Crippen molar-refractivity contribution < 1.29 is 4.79 Å². The van der Waals surface area contributed by atoms with Crippen LogP contribution < -0.4 is 10.6 Å². The quantitative estimate of drug-likeness (QED) is 0.393. The smallest absolute Gasteiger partial charge is 0.223 e.